The molecule has 0 aliphatic carbocycles. The molecule has 0 saturated carbocycles. The van der Waals surface area contributed by atoms with E-state index in [2.05, 4.69) is 4.98 Å². The molecule has 28 heavy (non-hydrogen) atoms. The molecule has 0 unspecified atom stereocenters. The summed E-state index contributed by atoms with van der Waals surface area (Å²) in [5.41, 5.74) is 4.05. The van der Waals surface area contributed by atoms with Gasteiger partial charge in [-0.05, 0) is 37.0 Å². The normalized spacial score (nSPS) is 16.4. The number of ketones is 1. The highest BCUT2D eigenvalue weighted by Crippen LogP contribution is 2.25. The molecule has 3 rings (SSSR count). The van der Waals surface area contributed by atoms with Gasteiger partial charge in [-0.1, -0.05) is 24.3 Å². The number of aromatic amines is 1. The maximum absolute atomic E-state index is 13.0. The fourth-order valence-electron chi connectivity index (χ4n) is 3.81. The van der Waals surface area contributed by atoms with E-state index in [-0.39, 0.29) is 18.3 Å². The van der Waals surface area contributed by atoms with Crippen LogP contribution in [0, 0.1) is 13.8 Å². The number of ether oxygens (including phenoxy) is 2. The lowest BCUT2D eigenvalue weighted by molar-refractivity contribution is -0.147. The molecule has 1 atom stereocenters. The van der Waals surface area contributed by atoms with Crippen molar-refractivity contribution in [3.8, 4) is 0 Å². The van der Waals surface area contributed by atoms with E-state index in [1.54, 1.807) is 13.8 Å². The number of methoxy groups -OCH3 is 2. The van der Waals surface area contributed by atoms with E-state index in [9.17, 15) is 14.4 Å². The van der Waals surface area contributed by atoms with Crippen LogP contribution in [0.25, 0.3) is 0 Å². The summed E-state index contributed by atoms with van der Waals surface area (Å²) in [5, 5.41) is 0. The van der Waals surface area contributed by atoms with Crippen LogP contribution in [0.5, 0.6) is 0 Å². The zero-order valence-electron chi connectivity index (χ0n) is 16.5. The summed E-state index contributed by atoms with van der Waals surface area (Å²) in [6.07, 6.45) is 0.492. The van der Waals surface area contributed by atoms with Crippen LogP contribution < -0.4 is 0 Å². The van der Waals surface area contributed by atoms with Gasteiger partial charge in [0.2, 0.25) is 0 Å². The molecule has 0 saturated heterocycles. The van der Waals surface area contributed by atoms with Gasteiger partial charge in [-0.3, -0.25) is 14.5 Å². The number of Topliss-reactive ketones (excluding diaryl/α,β-unsaturated/α-hetero) is 1. The second-order valence-electron chi connectivity index (χ2n) is 6.96. The van der Waals surface area contributed by atoms with Gasteiger partial charge < -0.3 is 14.5 Å². The molecular formula is C21H24N2O5. The van der Waals surface area contributed by atoms with Crippen molar-refractivity contribution < 1.29 is 23.9 Å². The van der Waals surface area contributed by atoms with Crippen molar-refractivity contribution in [2.45, 2.75) is 32.9 Å². The van der Waals surface area contributed by atoms with Crippen LogP contribution >= 0.6 is 0 Å². The van der Waals surface area contributed by atoms with Gasteiger partial charge in [0.05, 0.1) is 32.0 Å². The number of aryl methyl sites for hydroxylation is 1. The van der Waals surface area contributed by atoms with Crippen LogP contribution in [0.4, 0.5) is 0 Å². The largest absolute Gasteiger partial charge is 0.468 e. The molecule has 148 valence electrons. The number of hydrogen-bond donors (Lipinski definition) is 1. The molecule has 2 heterocycles. The van der Waals surface area contributed by atoms with E-state index in [4.69, 9.17) is 9.47 Å². The summed E-state index contributed by atoms with van der Waals surface area (Å²) < 4.78 is 9.76. The van der Waals surface area contributed by atoms with Crippen molar-refractivity contribution in [1.29, 1.82) is 0 Å². The fraction of sp³-hybridized carbons (Fsp3) is 0.381. The Morgan fingerprint density at radius 3 is 2.43 bits per heavy atom. The first-order valence-electron chi connectivity index (χ1n) is 9.06. The van der Waals surface area contributed by atoms with Gasteiger partial charge >= 0.3 is 11.9 Å². The third-order valence-electron chi connectivity index (χ3n) is 5.27. The SMILES string of the molecule is COC(=O)c1c(C)[nH]c(C(=O)CN2Cc3ccccc3C[C@H]2C(=O)OC)c1C. The molecule has 0 spiro atoms. The molecule has 1 aliphatic rings. The van der Waals surface area contributed by atoms with E-state index in [1.165, 1.54) is 14.2 Å². The summed E-state index contributed by atoms with van der Waals surface area (Å²) in [4.78, 5) is 42.1. The zero-order chi connectivity index (χ0) is 20.4. The molecular weight excluding hydrogens is 360 g/mol. The van der Waals surface area contributed by atoms with Gasteiger partial charge in [-0.2, -0.15) is 0 Å². The minimum Gasteiger partial charge on any atom is -0.468 e. The van der Waals surface area contributed by atoms with E-state index >= 15 is 0 Å². The summed E-state index contributed by atoms with van der Waals surface area (Å²) >= 11 is 0. The minimum atomic E-state index is -0.528. The van der Waals surface area contributed by atoms with Crippen LogP contribution in [0.2, 0.25) is 0 Å². The summed E-state index contributed by atoms with van der Waals surface area (Å²) in [5.74, 6) is -1.04. The molecule has 2 aromatic rings. The molecule has 0 amide bonds. The van der Waals surface area contributed by atoms with Crippen molar-refractivity contribution in [2.24, 2.45) is 0 Å². The van der Waals surface area contributed by atoms with Crippen LogP contribution in [-0.2, 0) is 27.2 Å². The number of esters is 2. The third-order valence-corrected chi connectivity index (χ3v) is 5.27. The van der Waals surface area contributed by atoms with E-state index in [0.717, 1.165) is 11.1 Å². The number of H-pyrrole nitrogens is 1. The van der Waals surface area contributed by atoms with Crippen LogP contribution in [-0.4, -0.2) is 54.4 Å². The number of carbonyl (C=O) groups excluding carboxylic acids is 3. The summed E-state index contributed by atoms with van der Waals surface area (Å²) in [6.45, 7) is 3.95. The number of benzene rings is 1. The molecule has 0 radical (unpaired) electrons. The van der Waals surface area contributed by atoms with Gasteiger partial charge in [0.25, 0.3) is 0 Å². The van der Waals surface area contributed by atoms with Gasteiger partial charge in [0.15, 0.2) is 5.78 Å². The van der Waals surface area contributed by atoms with Crippen LogP contribution in [0.15, 0.2) is 24.3 Å². The predicted molar refractivity (Wildman–Crippen MR) is 102 cm³/mol. The van der Waals surface area contributed by atoms with Crippen LogP contribution in [0.1, 0.15) is 43.2 Å². The molecule has 7 nitrogen and oxygen atoms in total. The second kappa shape index (κ2) is 7.98. The standard InChI is InChI=1S/C21H24N2O5/c1-12-18(21(26)28-4)13(2)22-19(12)17(24)11-23-10-15-8-6-5-7-14(15)9-16(23)20(25)27-3/h5-8,16,22H,9-11H2,1-4H3/t16-/m0/s1. The Kier molecular flexibility index (Phi) is 5.65. The van der Waals surface area contributed by atoms with Crippen LogP contribution in [0.3, 0.4) is 0 Å². The molecule has 1 N–H and O–H groups in total. The first kappa shape index (κ1) is 19.8. The summed E-state index contributed by atoms with van der Waals surface area (Å²) in [7, 11) is 2.66. The lowest BCUT2D eigenvalue weighted by Gasteiger charge is -2.34. The van der Waals surface area contributed by atoms with E-state index in [0.29, 0.717) is 35.5 Å². The Labute approximate surface area is 163 Å². The van der Waals surface area contributed by atoms with Gasteiger partial charge in [-0.25, -0.2) is 4.79 Å². The average molecular weight is 384 g/mol. The Balaban J connectivity index is 1.88. The third kappa shape index (κ3) is 3.57. The second-order valence-corrected chi connectivity index (χ2v) is 6.96. The van der Waals surface area contributed by atoms with Crippen molar-refractivity contribution >= 4 is 17.7 Å². The Hall–Kier alpha value is -2.93. The highest BCUT2D eigenvalue weighted by atomic mass is 16.5. The lowest BCUT2D eigenvalue weighted by atomic mass is 9.93. The minimum absolute atomic E-state index is 0.0372. The van der Waals surface area contributed by atoms with Crippen molar-refractivity contribution in [3.63, 3.8) is 0 Å². The topological polar surface area (TPSA) is 88.7 Å². The number of aromatic nitrogens is 1. The zero-order valence-corrected chi connectivity index (χ0v) is 16.5. The molecule has 7 heteroatoms. The molecule has 1 aromatic carbocycles. The Morgan fingerprint density at radius 2 is 1.79 bits per heavy atom. The van der Waals surface area contributed by atoms with E-state index in [1.807, 2.05) is 29.2 Å². The smallest absolute Gasteiger partial charge is 0.339 e. The molecule has 0 fully saturated rings. The number of nitrogens with zero attached hydrogens (tertiary/aromatic N) is 1. The number of carbonyl (C=O) groups is 3. The van der Waals surface area contributed by atoms with E-state index < -0.39 is 12.0 Å². The predicted octanol–water partition coefficient (Wildman–Crippen LogP) is 2.20. The Bertz CT molecular complexity index is 931. The molecule has 1 aromatic heterocycles. The Morgan fingerprint density at radius 1 is 1.11 bits per heavy atom. The maximum atomic E-state index is 13.0. The summed E-state index contributed by atoms with van der Waals surface area (Å²) in [6, 6.07) is 7.34. The number of hydrogen-bond acceptors (Lipinski definition) is 6. The van der Waals surface area contributed by atoms with Crippen molar-refractivity contribution in [1.82, 2.24) is 9.88 Å². The lowest BCUT2D eigenvalue weighted by Crippen LogP contribution is -2.48. The number of fused-ring (bicyclic) bond motifs is 1. The first-order chi connectivity index (χ1) is 13.4. The highest BCUT2D eigenvalue weighted by molar-refractivity contribution is 6.02. The van der Waals surface area contributed by atoms with Crippen molar-refractivity contribution in [3.05, 3.63) is 57.9 Å². The van der Waals surface area contributed by atoms with Gasteiger partial charge in [0.1, 0.15) is 6.04 Å². The fourth-order valence-corrected chi connectivity index (χ4v) is 3.81. The van der Waals surface area contributed by atoms with Crippen molar-refractivity contribution in [2.75, 3.05) is 20.8 Å². The van der Waals surface area contributed by atoms with Gasteiger partial charge in [0, 0.05) is 12.2 Å². The number of rotatable bonds is 5. The monoisotopic (exact) mass is 384 g/mol. The average Bonchev–Trinajstić information content (AvgIpc) is 3.00. The quantitative estimate of drug-likeness (QED) is 0.628. The highest BCUT2D eigenvalue weighted by Gasteiger charge is 2.34. The van der Waals surface area contributed by atoms with Gasteiger partial charge in [-0.15, -0.1) is 0 Å². The maximum Gasteiger partial charge on any atom is 0.339 e. The number of nitrogens with one attached hydrogen (secondary N) is 1. The molecule has 1 aliphatic heterocycles. The molecule has 0 bridgehead atoms. The first-order valence-corrected chi connectivity index (χ1v) is 9.06.